The van der Waals surface area contributed by atoms with Crippen LogP contribution in [0.4, 0.5) is 0 Å². The molecule has 0 aliphatic rings. The Balaban J connectivity index is 1.63. The van der Waals surface area contributed by atoms with E-state index >= 15 is 0 Å². The van der Waals surface area contributed by atoms with E-state index in [-0.39, 0.29) is 0 Å². The van der Waals surface area contributed by atoms with Gasteiger partial charge in [-0.15, -0.1) is 0 Å². The summed E-state index contributed by atoms with van der Waals surface area (Å²) in [5.74, 6) is 0. The van der Waals surface area contributed by atoms with Crippen LogP contribution in [-0.4, -0.2) is 47.9 Å². The van der Waals surface area contributed by atoms with Gasteiger partial charge in [0.15, 0.2) is 0 Å². The third-order valence-electron chi connectivity index (χ3n) is 2.91. The highest BCUT2D eigenvalue weighted by atomic mass is 16.5. The van der Waals surface area contributed by atoms with Crippen LogP contribution in [0.25, 0.3) is 5.52 Å². The Labute approximate surface area is 113 Å². The molecule has 6 heteroatoms. The van der Waals surface area contributed by atoms with Crippen LogP contribution in [0.1, 0.15) is 12.0 Å². The van der Waals surface area contributed by atoms with E-state index in [0.717, 1.165) is 44.7 Å². The summed E-state index contributed by atoms with van der Waals surface area (Å²) in [4.78, 5) is 4.12. The molecule has 2 N–H and O–H groups in total. The fraction of sp³-hybridized carbons (Fsp3) is 0.538. The van der Waals surface area contributed by atoms with Crippen molar-refractivity contribution in [1.29, 1.82) is 0 Å². The molecule has 6 nitrogen and oxygen atoms in total. The zero-order valence-electron chi connectivity index (χ0n) is 11.3. The zero-order chi connectivity index (χ0) is 13.3. The second kappa shape index (κ2) is 7.83. The van der Waals surface area contributed by atoms with E-state index in [4.69, 9.17) is 4.74 Å². The molecule has 0 fully saturated rings. The minimum Gasteiger partial charge on any atom is -0.383 e. The van der Waals surface area contributed by atoms with Crippen molar-refractivity contribution in [2.45, 2.75) is 13.0 Å². The molecule has 2 rings (SSSR count). The molecule has 0 atom stereocenters. The average Bonchev–Trinajstić information content (AvgIpc) is 2.85. The van der Waals surface area contributed by atoms with Crippen LogP contribution in [0.5, 0.6) is 0 Å². The van der Waals surface area contributed by atoms with Gasteiger partial charge in [0, 0.05) is 38.2 Å². The SMILES string of the molecule is COCCNCCCNCc1cnn2ccncc12. The molecule has 2 heterocycles. The summed E-state index contributed by atoms with van der Waals surface area (Å²) in [5, 5.41) is 11.0. The number of rotatable bonds is 9. The lowest BCUT2D eigenvalue weighted by molar-refractivity contribution is 0.199. The highest BCUT2D eigenvalue weighted by Gasteiger charge is 2.02. The maximum atomic E-state index is 4.97. The Morgan fingerprint density at radius 2 is 2.11 bits per heavy atom. The number of ether oxygens (including phenoxy) is 1. The second-order valence-electron chi connectivity index (χ2n) is 4.35. The first-order valence-electron chi connectivity index (χ1n) is 6.58. The fourth-order valence-electron chi connectivity index (χ4n) is 1.88. The Hall–Kier alpha value is -1.50. The first-order valence-corrected chi connectivity index (χ1v) is 6.58. The van der Waals surface area contributed by atoms with Gasteiger partial charge in [-0.3, -0.25) is 4.98 Å². The van der Waals surface area contributed by atoms with E-state index < -0.39 is 0 Å². The molecule has 0 aromatic carbocycles. The van der Waals surface area contributed by atoms with E-state index in [0.29, 0.717) is 0 Å². The van der Waals surface area contributed by atoms with Gasteiger partial charge in [-0.2, -0.15) is 5.10 Å². The van der Waals surface area contributed by atoms with Gasteiger partial charge in [0.1, 0.15) is 0 Å². The van der Waals surface area contributed by atoms with Crippen LogP contribution < -0.4 is 10.6 Å². The summed E-state index contributed by atoms with van der Waals surface area (Å²) >= 11 is 0. The maximum Gasteiger partial charge on any atom is 0.0889 e. The highest BCUT2D eigenvalue weighted by molar-refractivity contribution is 5.51. The molecule has 0 saturated heterocycles. The second-order valence-corrected chi connectivity index (χ2v) is 4.35. The van der Waals surface area contributed by atoms with Crippen LogP contribution >= 0.6 is 0 Å². The molecule has 104 valence electrons. The summed E-state index contributed by atoms with van der Waals surface area (Å²) in [6, 6.07) is 0. The van der Waals surface area contributed by atoms with Crippen molar-refractivity contribution in [3.63, 3.8) is 0 Å². The minimum absolute atomic E-state index is 0.767. The summed E-state index contributed by atoms with van der Waals surface area (Å²) in [5.41, 5.74) is 2.24. The summed E-state index contributed by atoms with van der Waals surface area (Å²) < 4.78 is 6.81. The highest BCUT2D eigenvalue weighted by Crippen LogP contribution is 2.07. The Morgan fingerprint density at radius 3 is 3.00 bits per heavy atom. The standard InChI is InChI=1S/C13H21N5O/c1-19-8-6-14-3-2-4-15-9-12-10-17-18-7-5-16-11-13(12)18/h5,7,10-11,14-15H,2-4,6,8-9H2,1H3. The number of hydrogen-bond acceptors (Lipinski definition) is 5. The topological polar surface area (TPSA) is 63.5 Å². The summed E-state index contributed by atoms with van der Waals surface area (Å²) in [6.45, 7) is 4.50. The van der Waals surface area contributed by atoms with E-state index in [9.17, 15) is 0 Å². The smallest absolute Gasteiger partial charge is 0.0889 e. The average molecular weight is 263 g/mol. The predicted molar refractivity (Wildman–Crippen MR) is 74.1 cm³/mol. The van der Waals surface area contributed by atoms with Crippen LogP contribution in [0, 0.1) is 0 Å². The first-order chi connectivity index (χ1) is 9.42. The molecule has 0 aliphatic carbocycles. The van der Waals surface area contributed by atoms with Gasteiger partial charge in [0.05, 0.1) is 24.5 Å². The van der Waals surface area contributed by atoms with Crippen molar-refractivity contribution >= 4 is 5.52 Å². The van der Waals surface area contributed by atoms with Gasteiger partial charge in [-0.25, -0.2) is 4.52 Å². The molecule has 0 bridgehead atoms. The van der Waals surface area contributed by atoms with E-state index in [1.165, 1.54) is 5.56 Å². The van der Waals surface area contributed by atoms with Crippen LogP contribution in [-0.2, 0) is 11.3 Å². The lowest BCUT2D eigenvalue weighted by atomic mass is 10.3. The number of hydrogen-bond donors (Lipinski definition) is 2. The van der Waals surface area contributed by atoms with Gasteiger partial charge >= 0.3 is 0 Å². The van der Waals surface area contributed by atoms with Crippen LogP contribution in [0.15, 0.2) is 24.8 Å². The molecular formula is C13H21N5O. The molecular weight excluding hydrogens is 242 g/mol. The molecule has 0 aliphatic heterocycles. The van der Waals surface area contributed by atoms with Crippen molar-refractivity contribution < 1.29 is 4.74 Å². The molecule has 19 heavy (non-hydrogen) atoms. The predicted octanol–water partition coefficient (Wildman–Crippen LogP) is 0.445. The van der Waals surface area contributed by atoms with Crippen molar-refractivity contribution in [1.82, 2.24) is 25.2 Å². The maximum absolute atomic E-state index is 4.97. The van der Waals surface area contributed by atoms with Crippen molar-refractivity contribution in [3.05, 3.63) is 30.4 Å². The third-order valence-corrected chi connectivity index (χ3v) is 2.91. The number of methoxy groups -OCH3 is 1. The number of fused-ring (bicyclic) bond motifs is 1. The largest absolute Gasteiger partial charge is 0.383 e. The normalized spacial score (nSPS) is 11.2. The van der Waals surface area contributed by atoms with Gasteiger partial charge in [-0.1, -0.05) is 0 Å². The van der Waals surface area contributed by atoms with Gasteiger partial charge in [0.25, 0.3) is 0 Å². The van der Waals surface area contributed by atoms with Gasteiger partial charge in [-0.05, 0) is 19.5 Å². The van der Waals surface area contributed by atoms with Crippen LogP contribution in [0.3, 0.4) is 0 Å². The van der Waals surface area contributed by atoms with Crippen molar-refractivity contribution in [2.75, 3.05) is 33.4 Å². The minimum atomic E-state index is 0.767. The summed E-state index contributed by atoms with van der Waals surface area (Å²) in [7, 11) is 1.72. The molecule has 0 amide bonds. The molecule has 0 unspecified atom stereocenters. The monoisotopic (exact) mass is 263 g/mol. The number of aromatic nitrogens is 3. The van der Waals surface area contributed by atoms with E-state index in [1.807, 2.05) is 23.1 Å². The van der Waals surface area contributed by atoms with Crippen molar-refractivity contribution in [3.8, 4) is 0 Å². The van der Waals surface area contributed by atoms with Gasteiger partial charge < -0.3 is 15.4 Å². The molecule has 0 saturated carbocycles. The van der Waals surface area contributed by atoms with E-state index in [1.54, 1.807) is 13.3 Å². The Kier molecular flexibility index (Phi) is 5.74. The first kappa shape index (κ1) is 13.9. The molecule has 2 aromatic heterocycles. The lowest BCUT2D eigenvalue weighted by Gasteiger charge is -2.05. The van der Waals surface area contributed by atoms with Crippen LogP contribution in [0.2, 0.25) is 0 Å². The Morgan fingerprint density at radius 1 is 1.21 bits per heavy atom. The number of nitrogens with zero attached hydrogens (tertiary/aromatic N) is 3. The lowest BCUT2D eigenvalue weighted by Crippen LogP contribution is -2.24. The quantitative estimate of drug-likeness (QED) is 0.643. The molecule has 2 aromatic rings. The third kappa shape index (κ3) is 4.27. The fourth-order valence-corrected chi connectivity index (χ4v) is 1.88. The van der Waals surface area contributed by atoms with E-state index in [2.05, 4.69) is 20.7 Å². The molecule has 0 spiro atoms. The molecule has 0 radical (unpaired) electrons. The van der Waals surface area contributed by atoms with Crippen molar-refractivity contribution in [2.24, 2.45) is 0 Å². The number of nitrogens with one attached hydrogen (secondary N) is 2. The zero-order valence-corrected chi connectivity index (χ0v) is 11.3. The van der Waals surface area contributed by atoms with Gasteiger partial charge in [0.2, 0.25) is 0 Å². The summed E-state index contributed by atoms with van der Waals surface area (Å²) in [6.07, 6.45) is 8.43. The Bertz CT molecular complexity index is 485.